The molecule has 8 heteroatoms. The van der Waals surface area contributed by atoms with Crippen LogP contribution in [0.5, 0.6) is 0 Å². The topological polar surface area (TPSA) is 61.4 Å². The molecule has 29 heavy (non-hydrogen) atoms. The van der Waals surface area contributed by atoms with E-state index in [1.165, 1.54) is 12.1 Å². The summed E-state index contributed by atoms with van der Waals surface area (Å²) >= 11 is 0. The Morgan fingerprint density at radius 3 is 2.48 bits per heavy atom. The van der Waals surface area contributed by atoms with Gasteiger partial charge in [-0.05, 0) is 42.2 Å². The molecule has 1 heterocycles. The summed E-state index contributed by atoms with van der Waals surface area (Å²) in [7, 11) is 0. The lowest BCUT2D eigenvalue weighted by molar-refractivity contribution is -0.137. The summed E-state index contributed by atoms with van der Waals surface area (Å²) in [5, 5.41) is 4.99. The SMILES string of the molecule is CC(C)[C@H](NC(=O)Nc1cccc(C(F)(F)F)c1)C(=O)N1CCc2ccccc21. The van der Waals surface area contributed by atoms with Gasteiger partial charge in [0, 0.05) is 17.9 Å². The van der Waals surface area contributed by atoms with Gasteiger partial charge >= 0.3 is 12.2 Å². The first-order valence-corrected chi connectivity index (χ1v) is 9.31. The van der Waals surface area contributed by atoms with E-state index in [4.69, 9.17) is 0 Å². The summed E-state index contributed by atoms with van der Waals surface area (Å²) in [5.41, 5.74) is 1.03. The van der Waals surface area contributed by atoms with E-state index in [9.17, 15) is 22.8 Å². The van der Waals surface area contributed by atoms with Gasteiger partial charge < -0.3 is 15.5 Å². The van der Waals surface area contributed by atoms with Crippen molar-refractivity contribution in [2.45, 2.75) is 32.5 Å². The fraction of sp³-hybridized carbons (Fsp3) is 0.333. The second-order valence-corrected chi connectivity index (χ2v) is 7.27. The van der Waals surface area contributed by atoms with Crippen LogP contribution in [0.2, 0.25) is 0 Å². The van der Waals surface area contributed by atoms with E-state index >= 15 is 0 Å². The molecule has 0 saturated carbocycles. The molecule has 2 N–H and O–H groups in total. The van der Waals surface area contributed by atoms with E-state index in [1.54, 1.807) is 18.7 Å². The van der Waals surface area contributed by atoms with Crippen molar-refractivity contribution in [1.29, 1.82) is 0 Å². The average Bonchev–Trinajstić information content (AvgIpc) is 3.09. The monoisotopic (exact) mass is 405 g/mol. The fourth-order valence-corrected chi connectivity index (χ4v) is 3.33. The van der Waals surface area contributed by atoms with Gasteiger partial charge in [0.05, 0.1) is 5.56 Å². The van der Waals surface area contributed by atoms with E-state index < -0.39 is 23.8 Å². The van der Waals surface area contributed by atoms with Gasteiger partial charge in [-0.1, -0.05) is 38.1 Å². The summed E-state index contributed by atoms with van der Waals surface area (Å²) in [5.74, 6) is -0.452. The van der Waals surface area contributed by atoms with Crippen molar-refractivity contribution in [1.82, 2.24) is 5.32 Å². The Balaban J connectivity index is 1.71. The minimum atomic E-state index is -4.51. The quantitative estimate of drug-likeness (QED) is 0.790. The Bertz CT molecular complexity index is 912. The molecule has 0 fully saturated rings. The molecule has 1 atom stereocenters. The number of urea groups is 1. The Morgan fingerprint density at radius 2 is 1.79 bits per heavy atom. The van der Waals surface area contributed by atoms with Crippen LogP contribution < -0.4 is 15.5 Å². The van der Waals surface area contributed by atoms with Gasteiger partial charge in [0.15, 0.2) is 0 Å². The van der Waals surface area contributed by atoms with Gasteiger partial charge in [-0.3, -0.25) is 4.79 Å². The number of nitrogens with one attached hydrogen (secondary N) is 2. The highest BCUT2D eigenvalue weighted by molar-refractivity contribution is 6.02. The average molecular weight is 405 g/mol. The second-order valence-electron chi connectivity index (χ2n) is 7.27. The number of nitrogens with zero attached hydrogens (tertiary/aromatic N) is 1. The molecule has 3 rings (SSSR count). The van der Waals surface area contributed by atoms with Crippen LogP contribution in [0.3, 0.4) is 0 Å². The highest BCUT2D eigenvalue weighted by Gasteiger charge is 2.33. The predicted octanol–water partition coefficient (Wildman–Crippen LogP) is 4.44. The maximum absolute atomic E-state index is 13.1. The van der Waals surface area contributed by atoms with Crippen molar-refractivity contribution in [3.8, 4) is 0 Å². The second kappa shape index (κ2) is 8.14. The smallest absolute Gasteiger partial charge is 0.326 e. The Labute approximate surface area is 166 Å². The number of anilines is 2. The van der Waals surface area contributed by atoms with Gasteiger partial charge in [-0.2, -0.15) is 13.2 Å². The molecule has 2 aromatic carbocycles. The van der Waals surface area contributed by atoms with E-state index in [-0.39, 0.29) is 17.5 Å². The number of carbonyl (C=O) groups is 2. The van der Waals surface area contributed by atoms with Crippen LogP contribution in [-0.4, -0.2) is 24.5 Å². The number of rotatable bonds is 4. The third-order valence-electron chi connectivity index (χ3n) is 4.82. The normalized spacial score (nSPS) is 14.5. The van der Waals surface area contributed by atoms with E-state index in [2.05, 4.69) is 10.6 Å². The van der Waals surface area contributed by atoms with Crippen LogP contribution in [0.15, 0.2) is 48.5 Å². The molecular formula is C21H22F3N3O2. The van der Waals surface area contributed by atoms with Crippen molar-refractivity contribution in [3.05, 3.63) is 59.7 Å². The molecule has 0 aliphatic carbocycles. The van der Waals surface area contributed by atoms with E-state index in [1.807, 2.05) is 24.3 Å². The lowest BCUT2D eigenvalue weighted by atomic mass is 10.0. The van der Waals surface area contributed by atoms with Crippen molar-refractivity contribution in [2.75, 3.05) is 16.8 Å². The molecule has 1 aliphatic rings. The van der Waals surface area contributed by atoms with Crippen molar-refractivity contribution >= 4 is 23.3 Å². The number of benzene rings is 2. The van der Waals surface area contributed by atoms with Crippen LogP contribution in [-0.2, 0) is 17.4 Å². The number of fused-ring (bicyclic) bond motifs is 1. The van der Waals surface area contributed by atoms with Crippen LogP contribution in [0.1, 0.15) is 25.0 Å². The first kappa shape index (κ1) is 20.7. The predicted molar refractivity (Wildman–Crippen MR) is 105 cm³/mol. The van der Waals surface area contributed by atoms with Crippen molar-refractivity contribution in [2.24, 2.45) is 5.92 Å². The first-order chi connectivity index (χ1) is 13.7. The summed E-state index contributed by atoms with van der Waals surface area (Å²) in [4.78, 5) is 27.1. The zero-order valence-electron chi connectivity index (χ0n) is 16.1. The van der Waals surface area contributed by atoms with Gasteiger partial charge in [0.1, 0.15) is 6.04 Å². The molecule has 1 aliphatic heterocycles. The molecule has 3 amide bonds. The third-order valence-corrected chi connectivity index (χ3v) is 4.82. The Hall–Kier alpha value is -3.03. The first-order valence-electron chi connectivity index (χ1n) is 9.31. The summed E-state index contributed by atoms with van der Waals surface area (Å²) in [6.07, 6.45) is -3.77. The van der Waals surface area contributed by atoms with Gasteiger partial charge in [0.25, 0.3) is 0 Å². The molecular weight excluding hydrogens is 383 g/mol. The summed E-state index contributed by atoms with van der Waals surface area (Å²) < 4.78 is 38.5. The van der Waals surface area contributed by atoms with E-state index in [0.29, 0.717) is 6.54 Å². The molecule has 0 unspecified atom stereocenters. The molecule has 5 nitrogen and oxygen atoms in total. The van der Waals surface area contributed by atoms with Crippen LogP contribution >= 0.6 is 0 Å². The minimum absolute atomic E-state index is 0.00111. The van der Waals surface area contributed by atoms with E-state index in [0.717, 1.165) is 29.8 Å². The molecule has 2 aromatic rings. The van der Waals surface area contributed by atoms with Crippen LogP contribution in [0.4, 0.5) is 29.3 Å². The van der Waals surface area contributed by atoms with Gasteiger partial charge in [0.2, 0.25) is 5.91 Å². The standard InChI is InChI=1S/C21H22F3N3O2/c1-13(2)18(19(28)27-11-10-14-6-3-4-9-17(14)27)26-20(29)25-16-8-5-7-15(12-16)21(22,23)24/h3-9,12-13,18H,10-11H2,1-2H3,(H2,25,26,29)/t18-/m0/s1. The highest BCUT2D eigenvalue weighted by Crippen LogP contribution is 2.31. The maximum Gasteiger partial charge on any atom is 0.416 e. The molecule has 0 saturated heterocycles. The lowest BCUT2D eigenvalue weighted by Crippen LogP contribution is -2.52. The maximum atomic E-state index is 13.1. The molecule has 0 aromatic heterocycles. The van der Waals surface area contributed by atoms with Crippen molar-refractivity contribution < 1.29 is 22.8 Å². The van der Waals surface area contributed by atoms with Gasteiger partial charge in [-0.25, -0.2) is 4.79 Å². The zero-order chi connectivity index (χ0) is 21.2. The summed E-state index contributed by atoms with van der Waals surface area (Å²) in [6, 6.07) is 10.4. The summed E-state index contributed by atoms with van der Waals surface area (Å²) in [6.45, 7) is 4.13. The van der Waals surface area contributed by atoms with Crippen LogP contribution in [0.25, 0.3) is 0 Å². The number of halogens is 3. The number of amides is 3. The molecule has 0 radical (unpaired) electrons. The minimum Gasteiger partial charge on any atom is -0.326 e. The number of hydrogen-bond donors (Lipinski definition) is 2. The Kier molecular flexibility index (Phi) is 5.81. The Morgan fingerprint density at radius 1 is 1.07 bits per heavy atom. The fourth-order valence-electron chi connectivity index (χ4n) is 3.33. The number of carbonyl (C=O) groups excluding carboxylic acids is 2. The molecule has 154 valence electrons. The molecule has 0 bridgehead atoms. The van der Waals surface area contributed by atoms with Crippen LogP contribution in [0, 0.1) is 5.92 Å². The zero-order valence-corrected chi connectivity index (χ0v) is 16.1. The number of alkyl halides is 3. The molecule has 0 spiro atoms. The number of para-hydroxylation sites is 1. The van der Waals surface area contributed by atoms with Gasteiger partial charge in [-0.15, -0.1) is 0 Å². The van der Waals surface area contributed by atoms with Crippen molar-refractivity contribution in [3.63, 3.8) is 0 Å². The third kappa shape index (κ3) is 4.70. The highest BCUT2D eigenvalue weighted by atomic mass is 19.4. The largest absolute Gasteiger partial charge is 0.416 e. The number of hydrogen-bond acceptors (Lipinski definition) is 2. The lowest BCUT2D eigenvalue weighted by Gasteiger charge is -2.27.